The molecule has 0 spiro atoms. The fourth-order valence-electron chi connectivity index (χ4n) is 1.32. The van der Waals surface area contributed by atoms with Gasteiger partial charge in [-0.3, -0.25) is 0 Å². The molecule has 0 fully saturated rings. The first-order valence-corrected chi connectivity index (χ1v) is 5.09. The van der Waals surface area contributed by atoms with Crippen molar-refractivity contribution in [2.24, 2.45) is 0 Å². The third kappa shape index (κ3) is 1.58. The maximum absolute atomic E-state index is 4.08. The Bertz CT molecular complexity index is 422. The van der Waals surface area contributed by atoms with Crippen molar-refractivity contribution in [1.82, 2.24) is 15.0 Å². The fraction of sp³-hybridized carbons (Fsp3) is 0.333. The number of rotatable bonds is 2. The number of aromatic nitrogens is 3. The van der Waals surface area contributed by atoms with Crippen molar-refractivity contribution in [2.75, 3.05) is 0 Å². The Morgan fingerprint density at radius 2 is 2.31 bits per heavy atom. The summed E-state index contributed by atoms with van der Waals surface area (Å²) < 4.78 is 2.98. The van der Waals surface area contributed by atoms with Gasteiger partial charge in [0.2, 0.25) is 0 Å². The van der Waals surface area contributed by atoms with Crippen LogP contribution in [0.5, 0.6) is 0 Å². The van der Waals surface area contributed by atoms with Crippen LogP contribution in [0, 0.1) is 0 Å². The Hall–Kier alpha value is -0.900. The summed E-state index contributed by atoms with van der Waals surface area (Å²) in [6.45, 7) is 3.06. The highest BCUT2D eigenvalue weighted by Crippen LogP contribution is 2.17. The molecule has 68 valence electrons. The standard InChI is InChI=1S/C9H10BrN3/c1-2-5-13-9-4-3-7(10)6-8(9)11-12-13/h3-4,6H,2,5H2,1H3. The Labute approximate surface area is 84.9 Å². The zero-order valence-electron chi connectivity index (χ0n) is 7.37. The molecule has 0 unspecified atom stereocenters. The number of nitrogens with zero attached hydrogens (tertiary/aromatic N) is 3. The van der Waals surface area contributed by atoms with E-state index < -0.39 is 0 Å². The number of hydrogen-bond donors (Lipinski definition) is 0. The van der Waals surface area contributed by atoms with Gasteiger partial charge in [0.25, 0.3) is 0 Å². The van der Waals surface area contributed by atoms with Crippen LogP contribution in [0.2, 0.25) is 0 Å². The highest BCUT2D eigenvalue weighted by molar-refractivity contribution is 9.10. The number of halogens is 1. The van der Waals surface area contributed by atoms with Crippen molar-refractivity contribution in [3.8, 4) is 0 Å². The lowest BCUT2D eigenvalue weighted by Gasteiger charge is -1.97. The van der Waals surface area contributed by atoms with Crippen molar-refractivity contribution < 1.29 is 0 Å². The van der Waals surface area contributed by atoms with Gasteiger partial charge >= 0.3 is 0 Å². The minimum absolute atomic E-state index is 0.929. The molecule has 1 heterocycles. The summed E-state index contributed by atoms with van der Waals surface area (Å²) >= 11 is 3.40. The van der Waals surface area contributed by atoms with Gasteiger partial charge in [0, 0.05) is 11.0 Å². The van der Waals surface area contributed by atoms with Gasteiger partial charge in [-0.15, -0.1) is 5.10 Å². The molecule has 13 heavy (non-hydrogen) atoms. The molecule has 0 radical (unpaired) electrons. The topological polar surface area (TPSA) is 30.7 Å². The second kappa shape index (κ2) is 3.46. The van der Waals surface area contributed by atoms with E-state index >= 15 is 0 Å². The molecule has 0 atom stereocenters. The molecule has 3 nitrogen and oxygen atoms in total. The highest BCUT2D eigenvalue weighted by atomic mass is 79.9. The van der Waals surface area contributed by atoms with E-state index in [-0.39, 0.29) is 0 Å². The second-order valence-corrected chi connectivity index (χ2v) is 3.86. The number of aryl methyl sites for hydroxylation is 1. The lowest BCUT2D eigenvalue weighted by molar-refractivity contribution is 0.596. The second-order valence-electron chi connectivity index (χ2n) is 2.95. The Morgan fingerprint density at radius 3 is 3.08 bits per heavy atom. The first kappa shape index (κ1) is 8.69. The largest absolute Gasteiger partial charge is 0.245 e. The van der Waals surface area contributed by atoms with Crippen molar-refractivity contribution in [3.63, 3.8) is 0 Å². The average molecular weight is 240 g/mol. The summed E-state index contributed by atoms with van der Waals surface area (Å²) in [6.07, 6.45) is 1.08. The maximum Gasteiger partial charge on any atom is 0.114 e. The summed E-state index contributed by atoms with van der Waals surface area (Å²) in [5.41, 5.74) is 2.05. The predicted molar refractivity (Wildman–Crippen MR) is 55.5 cm³/mol. The van der Waals surface area contributed by atoms with Crippen LogP contribution in [0.3, 0.4) is 0 Å². The van der Waals surface area contributed by atoms with Gasteiger partial charge < -0.3 is 0 Å². The van der Waals surface area contributed by atoms with E-state index in [0.29, 0.717) is 0 Å². The van der Waals surface area contributed by atoms with E-state index in [0.717, 1.165) is 28.5 Å². The van der Waals surface area contributed by atoms with Gasteiger partial charge in [0.15, 0.2) is 0 Å². The summed E-state index contributed by atoms with van der Waals surface area (Å²) in [6, 6.07) is 6.03. The zero-order valence-corrected chi connectivity index (χ0v) is 8.95. The first-order valence-electron chi connectivity index (χ1n) is 4.30. The van der Waals surface area contributed by atoms with Gasteiger partial charge in [-0.2, -0.15) is 0 Å². The minimum Gasteiger partial charge on any atom is -0.245 e. The normalized spacial score (nSPS) is 10.9. The van der Waals surface area contributed by atoms with Crippen LogP contribution in [-0.2, 0) is 6.54 Å². The van der Waals surface area contributed by atoms with Crippen molar-refractivity contribution in [2.45, 2.75) is 19.9 Å². The number of hydrogen-bond acceptors (Lipinski definition) is 2. The van der Waals surface area contributed by atoms with E-state index in [1.54, 1.807) is 0 Å². The molecular formula is C9H10BrN3. The monoisotopic (exact) mass is 239 g/mol. The molecule has 0 amide bonds. The Balaban J connectivity index is 2.55. The number of fused-ring (bicyclic) bond motifs is 1. The van der Waals surface area contributed by atoms with Gasteiger partial charge in [0.05, 0.1) is 5.52 Å². The number of benzene rings is 1. The zero-order chi connectivity index (χ0) is 9.26. The van der Waals surface area contributed by atoms with Gasteiger partial charge in [-0.05, 0) is 24.6 Å². The molecule has 2 rings (SSSR count). The first-order chi connectivity index (χ1) is 6.31. The van der Waals surface area contributed by atoms with E-state index in [2.05, 4.69) is 33.2 Å². The lowest BCUT2D eigenvalue weighted by atomic mass is 10.3. The molecule has 0 aliphatic heterocycles. The molecule has 4 heteroatoms. The van der Waals surface area contributed by atoms with Crippen LogP contribution in [0.4, 0.5) is 0 Å². The third-order valence-electron chi connectivity index (χ3n) is 1.91. The van der Waals surface area contributed by atoms with Crippen molar-refractivity contribution in [3.05, 3.63) is 22.7 Å². The summed E-state index contributed by atoms with van der Waals surface area (Å²) in [7, 11) is 0. The van der Waals surface area contributed by atoms with E-state index in [4.69, 9.17) is 0 Å². The van der Waals surface area contributed by atoms with Gasteiger partial charge in [-0.25, -0.2) is 4.68 Å². The summed E-state index contributed by atoms with van der Waals surface area (Å²) in [5.74, 6) is 0. The maximum atomic E-state index is 4.08. The highest BCUT2D eigenvalue weighted by Gasteiger charge is 2.02. The van der Waals surface area contributed by atoms with Crippen LogP contribution < -0.4 is 0 Å². The SMILES string of the molecule is CCCn1nnc2cc(Br)ccc21. The molecule has 0 saturated heterocycles. The fourth-order valence-corrected chi connectivity index (χ4v) is 1.67. The van der Waals surface area contributed by atoms with E-state index in [9.17, 15) is 0 Å². The van der Waals surface area contributed by atoms with E-state index in [1.165, 1.54) is 0 Å². The molecule has 1 aromatic carbocycles. The molecule has 0 saturated carbocycles. The van der Waals surface area contributed by atoms with Crippen LogP contribution >= 0.6 is 15.9 Å². The smallest absolute Gasteiger partial charge is 0.114 e. The molecular weight excluding hydrogens is 230 g/mol. The molecule has 0 bridgehead atoms. The van der Waals surface area contributed by atoms with Crippen molar-refractivity contribution >= 4 is 27.0 Å². The summed E-state index contributed by atoms with van der Waals surface area (Å²) in [5, 5.41) is 8.15. The predicted octanol–water partition coefficient (Wildman–Crippen LogP) is 2.60. The molecule has 0 aliphatic carbocycles. The van der Waals surface area contributed by atoms with Crippen molar-refractivity contribution in [1.29, 1.82) is 0 Å². The van der Waals surface area contributed by atoms with Crippen LogP contribution in [0.15, 0.2) is 22.7 Å². The molecule has 2 aromatic rings. The Kier molecular flexibility index (Phi) is 2.31. The third-order valence-corrected chi connectivity index (χ3v) is 2.40. The van der Waals surface area contributed by atoms with Crippen LogP contribution in [0.25, 0.3) is 11.0 Å². The summed E-state index contributed by atoms with van der Waals surface area (Å²) in [4.78, 5) is 0. The van der Waals surface area contributed by atoms with Crippen LogP contribution in [0.1, 0.15) is 13.3 Å². The lowest BCUT2D eigenvalue weighted by Crippen LogP contribution is -1.98. The van der Waals surface area contributed by atoms with Crippen LogP contribution in [-0.4, -0.2) is 15.0 Å². The van der Waals surface area contributed by atoms with E-state index in [1.807, 2.05) is 22.9 Å². The quantitative estimate of drug-likeness (QED) is 0.807. The molecule has 1 aromatic heterocycles. The molecule has 0 N–H and O–H groups in total. The van der Waals surface area contributed by atoms with Gasteiger partial charge in [0.1, 0.15) is 5.52 Å². The average Bonchev–Trinajstić information content (AvgIpc) is 2.49. The van der Waals surface area contributed by atoms with Gasteiger partial charge in [-0.1, -0.05) is 28.1 Å². The molecule has 0 aliphatic rings. The minimum atomic E-state index is 0.929. The Morgan fingerprint density at radius 1 is 1.46 bits per heavy atom.